The summed E-state index contributed by atoms with van der Waals surface area (Å²) in [5.74, 6) is 5.94. The van der Waals surface area contributed by atoms with Crippen molar-refractivity contribution in [2.75, 3.05) is 32.6 Å². The Hall–Kier alpha value is -0.210. The van der Waals surface area contributed by atoms with E-state index in [0.29, 0.717) is 32.2 Å². The number of nitrogens with two attached hydrogens (primary N) is 1. The topological polar surface area (TPSA) is 84.7 Å². The van der Waals surface area contributed by atoms with Crippen molar-refractivity contribution in [3.05, 3.63) is 0 Å². The van der Waals surface area contributed by atoms with E-state index < -0.39 is 10.0 Å². The van der Waals surface area contributed by atoms with Crippen LogP contribution in [0.1, 0.15) is 32.6 Å². The fourth-order valence-corrected chi connectivity index (χ4v) is 3.50. The van der Waals surface area contributed by atoms with Gasteiger partial charge >= 0.3 is 0 Å². The monoisotopic (exact) mass is 293 g/mol. The molecular weight excluding hydrogens is 266 g/mol. The van der Waals surface area contributed by atoms with E-state index in [1.165, 1.54) is 6.26 Å². The molecule has 0 aromatic rings. The first-order valence-electron chi connectivity index (χ1n) is 6.96. The summed E-state index contributed by atoms with van der Waals surface area (Å²) in [4.78, 5) is 0. The van der Waals surface area contributed by atoms with Crippen LogP contribution in [0.4, 0.5) is 0 Å². The van der Waals surface area contributed by atoms with Crippen LogP contribution >= 0.6 is 0 Å². The zero-order valence-corrected chi connectivity index (χ0v) is 12.8. The largest absolute Gasteiger partial charge is 0.382 e. The number of ether oxygens (including phenoxy) is 1. The summed E-state index contributed by atoms with van der Waals surface area (Å²) in [5, 5.41) is 0. The zero-order chi connectivity index (χ0) is 14.3. The predicted molar refractivity (Wildman–Crippen MR) is 76.0 cm³/mol. The maximum absolute atomic E-state index is 11.6. The molecule has 19 heavy (non-hydrogen) atoms. The first kappa shape index (κ1) is 16.8. The van der Waals surface area contributed by atoms with Gasteiger partial charge in [0.15, 0.2) is 0 Å². The minimum absolute atomic E-state index is 0.191. The Labute approximate surface area is 116 Å². The van der Waals surface area contributed by atoms with Gasteiger partial charge < -0.3 is 4.74 Å². The van der Waals surface area contributed by atoms with Gasteiger partial charge in [0.2, 0.25) is 10.0 Å². The van der Waals surface area contributed by atoms with Gasteiger partial charge in [-0.1, -0.05) is 0 Å². The van der Waals surface area contributed by atoms with E-state index in [1.54, 1.807) is 4.31 Å². The van der Waals surface area contributed by atoms with Crippen molar-refractivity contribution in [3.8, 4) is 0 Å². The number of piperidine rings is 1. The average Bonchev–Trinajstić information content (AvgIpc) is 2.37. The molecule has 1 fully saturated rings. The molecule has 0 amide bonds. The number of hydrazine groups is 1. The van der Waals surface area contributed by atoms with Crippen molar-refractivity contribution in [2.24, 2.45) is 11.8 Å². The van der Waals surface area contributed by atoms with Gasteiger partial charge in [-0.25, -0.2) is 12.7 Å². The summed E-state index contributed by atoms with van der Waals surface area (Å²) < 4.78 is 30.0. The lowest BCUT2D eigenvalue weighted by Gasteiger charge is -2.32. The molecule has 1 heterocycles. The molecule has 7 heteroatoms. The van der Waals surface area contributed by atoms with Gasteiger partial charge in [0.05, 0.1) is 6.26 Å². The van der Waals surface area contributed by atoms with Crippen molar-refractivity contribution in [3.63, 3.8) is 0 Å². The number of hydrogen-bond acceptors (Lipinski definition) is 5. The highest BCUT2D eigenvalue weighted by molar-refractivity contribution is 7.88. The van der Waals surface area contributed by atoms with Crippen molar-refractivity contribution >= 4 is 10.0 Å². The van der Waals surface area contributed by atoms with E-state index in [2.05, 4.69) is 5.43 Å². The Balaban J connectivity index is 2.41. The zero-order valence-electron chi connectivity index (χ0n) is 12.0. The highest BCUT2D eigenvalue weighted by Gasteiger charge is 2.27. The van der Waals surface area contributed by atoms with Crippen LogP contribution in [0.15, 0.2) is 0 Å². The van der Waals surface area contributed by atoms with E-state index in [9.17, 15) is 8.42 Å². The third kappa shape index (κ3) is 6.18. The molecule has 114 valence electrons. The van der Waals surface area contributed by atoms with E-state index in [-0.39, 0.29) is 6.04 Å². The normalized spacial score (nSPS) is 23.4. The molecule has 0 bridgehead atoms. The van der Waals surface area contributed by atoms with E-state index in [4.69, 9.17) is 10.6 Å². The smallest absolute Gasteiger partial charge is 0.211 e. The second-order valence-corrected chi connectivity index (χ2v) is 7.20. The van der Waals surface area contributed by atoms with Crippen LogP contribution in [0.2, 0.25) is 0 Å². The average molecular weight is 293 g/mol. The molecule has 0 aliphatic carbocycles. The lowest BCUT2D eigenvalue weighted by molar-refractivity contribution is 0.130. The summed E-state index contributed by atoms with van der Waals surface area (Å²) >= 11 is 0. The van der Waals surface area contributed by atoms with E-state index >= 15 is 0 Å². The Morgan fingerprint density at radius 1 is 1.53 bits per heavy atom. The number of sulfonamides is 1. The molecule has 1 aliphatic rings. The molecule has 2 atom stereocenters. The minimum atomic E-state index is -3.07. The molecule has 1 aliphatic heterocycles. The Morgan fingerprint density at radius 3 is 2.84 bits per heavy atom. The fourth-order valence-electron chi connectivity index (χ4n) is 2.56. The third-order valence-corrected chi connectivity index (χ3v) is 4.89. The Morgan fingerprint density at radius 2 is 2.26 bits per heavy atom. The highest BCUT2D eigenvalue weighted by Crippen LogP contribution is 2.23. The van der Waals surface area contributed by atoms with E-state index in [1.807, 2.05) is 6.92 Å². The van der Waals surface area contributed by atoms with Gasteiger partial charge in [-0.15, -0.1) is 0 Å². The van der Waals surface area contributed by atoms with Gasteiger partial charge in [-0.2, -0.15) is 0 Å². The van der Waals surface area contributed by atoms with Crippen molar-refractivity contribution in [1.29, 1.82) is 0 Å². The minimum Gasteiger partial charge on any atom is -0.382 e. The van der Waals surface area contributed by atoms with Crippen LogP contribution in [0.3, 0.4) is 0 Å². The molecular formula is C12H27N3O3S. The number of hydrogen-bond donors (Lipinski definition) is 2. The molecule has 6 nitrogen and oxygen atoms in total. The van der Waals surface area contributed by atoms with Gasteiger partial charge in [0.1, 0.15) is 0 Å². The highest BCUT2D eigenvalue weighted by atomic mass is 32.2. The van der Waals surface area contributed by atoms with Crippen LogP contribution in [-0.4, -0.2) is 51.3 Å². The van der Waals surface area contributed by atoms with Crippen LogP contribution in [0.25, 0.3) is 0 Å². The van der Waals surface area contributed by atoms with Gasteiger partial charge in [-0.05, 0) is 38.5 Å². The van der Waals surface area contributed by atoms with Crippen LogP contribution in [0.5, 0.6) is 0 Å². The molecule has 1 rings (SSSR count). The maximum atomic E-state index is 11.6. The summed E-state index contributed by atoms with van der Waals surface area (Å²) in [6.07, 6.45) is 5.04. The molecule has 0 radical (unpaired) electrons. The molecule has 0 saturated carbocycles. The number of nitrogens with zero attached hydrogens (tertiary/aromatic N) is 1. The summed E-state index contributed by atoms with van der Waals surface area (Å²) in [6.45, 7) is 4.63. The molecule has 0 spiro atoms. The molecule has 2 unspecified atom stereocenters. The maximum Gasteiger partial charge on any atom is 0.211 e. The predicted octanol–water partition coefficient (Wildman–Crippen LogP) is 0.307. The standard InChI is InChI=1S/C12H27N3O3S/c1-3-18-8-6-12(14-13)9-11-5-4-7-15(10-11)19(2,16)17/h11-12,14H,3-10,13H2,1-2H3. The molecule has 0 aromatic carbocycles. The Bertz CT molecular complexity index is 348. The number of rotatable bonds is 8. The Kier molecular flexibility index (Phi) is 7.23. The van der Waals surface area contributed by atoms with Gasteiger partial charge in [0, 0.05) is 32.3 Å². The van der Waals surface area contributed by atoms with E-state index in [0.717, 1.165) is 25.7 Å². The third-order valence-electron chi connectivity index (χ3n) is 3.62. The molecule has 1 saturated heterocycles. The van der Waals surface area contributed by atoms with Crippen molar-refractivity contribution in [1.82, 2.24) is 9.73 Å². The second kappa shape index (κ2) is 8.16. The summed E-state index contributed by atoms with van der Waals surface area (Å²) in [6, 6.07) is 0.191. The quantitative estimate of drug-likeness (QED) is 0.382. The van der Waals surface area contributed by atoms with Gasteiger partial charge in [0.25, 0.3) is 0 Å². The van der Waals surface area contributed by atoms with Crippen LogP contribution in [0, 0.1) is 5.92 Å². The molecule has 3 N–H and O–H groups in total. The first-order valence-corrected chi connectivity index (χ1v) is 8.81. The fraction of sp³-hybridized carbons (Fsp3) is 1.00. The van der Waals surface area contributed by atoms with Crippen LogP contribution in [-0.2, 0) is 14.8 Å². The SMILES string of the molecule is CCOCCC(CC1CCCN(S(C)(=O)=O)C1)NN. The molecule has 0 aromatic heterocycles. The van der Waals surface area contributed by atoms with Crippen LogP contribution < -0.4 is 11.3 Å². The second-order valence-electron chi connectivity index (χ2n) is 5.21. The number of nitrogens with one attached hydrogen (secondary N) is 1. The van der Waals surface area contributed by atoms with Crippen molar-refractivity contribution < 1.29 is 13.2 Å². The lowest BCUT2D eigenvalue weighted by atomic mass is 9.91. The van der Waals surface area contributed by atoms with Crippen molar-refractivity contribution in [2.45, 2.75) is 38.6 Å². The lowest BCUT2D eigenvalue weighted by Crippen LogP contribution is -2.43. The summed E-state index contributed by atoms with van der Waals surface area (Å²) in [5.41, 5.74) is 2.81. The van der Waals surface area contributed by atoms with Gasteiger partial charge in [-0.3, -0.25) is 11.3 Å². The first-order chi connectivity index (χ1) is 8.97. The summed E-state index contributed by atoms with van der Waals surface area (Å²) in [7, 11) is -3.07.